The van der Waals surface area contributed by atoms with Gasteiger partial charge in [0.25, 0.3) is 0 Å². The van der Waals surface area contributed by atoms with Crippen molar-refractivity contribution in [3.8, 4) is 0 Å². The second kappa shape index (κ2) is 13.6. The van der Waals surface area contributed by atoms with Gasteiger partial charge in [-0.15, -0.1) is 0 Å². The first-order chi connectivity index (χ1) is 15.0. The molecule has 0 atom stereocenters. The summed E-state index contributed by atoms with van der Waals surface area (Å²) in [6.07, 6.45) is 0. The van der Waals surface area contributed by atoms with Crippen LogP contribution in [0.25, 0.3) is 0 Å². The number of hydrogen-bond acceptors (Lipinski definition) is 9. The quantitative estimate of drug-likeness (QED) is 0.376. The van der Waals surface area contributed by atoms with E-state index < -0.39 is 62.5 Å². The fraction of sp³-hybridized carbons (Fsp3) is 0. The van der Waals surface area contributed by atoms with Gasteiger partial charge in [-0.05, 0) is 36.4 Å². The van der Waals surface area contributed by atoms with Crippen LogP contribution in [0.3, 0.4) is 0 Å². The SMILES string of the molecule is O=S(=O)([O-])c1ccccc1F.O=S(=O)([O-])c1ccccc1F.O=S(=O)([O-])c1ccccc1F.[Gd+3]. The van der Waals surface area contributed by atoms with E-state index in [2.05, 4.69) is 0 Å². The molecule has 3 aromatic carbocycles. The Bertz CT molecular complexity index is 1250. The van der Waals surface area contributed by atoms with E-state index in [1.807, 2.05) is 0 Å². The molecule has 0 aromatic heterocycles. The molecule has 9 nitrogen and oxygen atoms in total. The van der Waals surface area contributed by atoms with Crippen LogP contribution in [-0.4, -0.2) is 38.9 Å². The van der Waals surface area contributed by atoms with Gasteiger partial charge in [0, 0.05) is 0 Å². The molecule has 3 rings (SSSR count). The van der Waals surface area contributed by atoms with E-state index in [9.17, 15) is 52.1 Å². The Morgan fingerprint density at radius 2 is 0.618 bits per heavy atom. The maximum Gasteiger partial charge on any atom is 3.00 e. The number of benzene rings is 3. The molecule has 16 heteroatoms. The Hall–Kier alpha value is -1.50. The molecule has 0 aliphatic heterocycles. The fourth-order valence-electron chi connectivity index (χ4n) is 1.94. The van der Waals surface area contributed by atoms with Gasteiger partial charge in [0.2, 0.25) is 0 Å². The average Bonchev–Trinajstić information content (AvgIpc) is 2.67. The van der Waals surface area contributed by atoms with Crippen molar-refractivity contribution in [1.29, 1.82) is 0 Å². The summed E-state index contributed by atoms with van der Waals surface area (Å²) < 4.78 is 130. The van der Waals surface area contributed by atoms with Gasteiger partial charge in [-0.1, -0.05) is 36.4 Å². The predicted molar refractivity (Wildman–Crippen MR) is 103 cm³/mol. The largest absolute Gasteiger partial charge is 3.00 e. The number of halogens is 3. The molecule has 3 aromatic rings. The van der Waals surface area contributed by atoms with Crippen molar-refractivity contribution in [1.82, 2.24) is 0 Å². The second-order valence-electron chi connectivity index (χ2n) is 5.65. The van der Waals surface area contributed by atoms with Crippen molar-refractivity contribution in [2.45, 2.75) is 14.7 Å². The molecule has 0 heterocycles. The van der Waals surface area contributed by atoms with E-state index in [1.165, 1.54) is 36.4 Å². The molecule has 185 valence electrons. The van der Waals surface area contributed by atoms with Gasteiger partial charge in [-0.25, -0.2) is 38.4 Å². The maximum atomic E-state index is 12.5. The van der Waals surface area contributed by atoms with Crippen LogP contribution in [0.15, 0.2) is 87.5 Å². The number of rotatable bonds is 3. The van der Waals surface area contributed by atoms with Crippen LogP contribution in [0.2, 0.25) is 0 Å². The first-order valence-electron chi connectivity index (χ1n) is 8.16. The normalized spacial score (nSPS) is 11.1. The zero-order chi connectivity index (χ0) is 25.4. The predicted octanol–water partition coefficient (Wildman–Crippen LogP) is 2.19. The van der Waals surface area contributed by atoms with Crippen molar-refractivity contribution in [2.24, 2.45) is 0 Å². The Labute approximate surface area is 225 Å². The first-order valence-corrected chi connectivity index (χ1v) is 12.4. The standard InChI is InChI=1S/3C6H5FO3S.Gd/c3*7-5-3-1-2-4-6(5)11(8,9)10;/h3*1-4H,(H,8,9,10);/q;;;+3/p-3. The third kappa shape index (κ3) is 10.8. The first kappa shape index (κ1) is 32.5. The average molecular weight is 683 g/mol. The van der Waals surface area contributed by atoms with Gasteiger partial charge >= 0.3 is 39.9 Å². The molecule has 0 N–H and O–H groups in total. The van der Waals surface area contributed by atoms with Crippen molar-refractivity contribution < 1.29 is 92.0 Å². The van der Waals surface area contributed by atoms with E-state index in [0.717, 1.165) is 36.4 Å². The van der Waals surface area contributed by atoms with Crippen LogP contribution in [-0.2, 0) is 30.4 Å². The van der Waals surface area contributed by atoms with Crippen molar-refractivity contribution >= 4 is 30.4 Å². The third-order valence-corrected chi connectivity index (χ3v) is 5.93. The fourth-order valence-corrected chi connectivity index (χ4v) is 3.60. The van der Waals surface area contributed by atoms with Crippen LogP contribution in [0, 0.1) is 57.4 Å². The minimum Gasteiger partial charge on any atom is -0.744 e. The molecule has 0 bridgehead atoms. The zero-order valence-corrected chi connectivity index (χ0v) is 21.0. The third-order valence-electron chi connectivity index (χ3n) is 3.32. The Morgan fingerprint density at radius 3 is 0.735 bits per heavy atom. The molecule has 0 aliphatic carbocycles. The molecule has 1 radical (unpaired) electrons. The smallest absolute Gasteiger partial charge is 0.744 e. The van der Waals surface area contributed by atoms with Gasteiger partial charge in [-0.3, -0.25) is 0 Å². The molecule has 0 saturated heterocycles. The van der Waals surface area contributed by atoms with E-state index in [4.69, 9.17) is 0 Å². The topological polar surface area (TPSA) is 172 Å². The minimum absolute atomic E-state index is 0. The van der Waals surface area contributed by atoms with Gasteiger partial charge in [0.05, 0.1) is 14.7 Å². The van der Waals surface area contributed by atoms with Gasteiger partial charge in [-0.2, -0.15) is 0 Å². The summed E-state index contributed by atoms with van der Waals surface area (Å²) in [6, 6.07) is 13.3. The summed E-state index contributed by atoms with van der Waals surface area (Å²) in [6.45, 7) is 0. The summed E-state index contributed by atoms with van der Waals surface area (Å²) in [5.41, 5.74) is 0. The van der Waals surface area contributed by atoms with Gasteiger partial charge in [0.1, 0.15) is 47.8 Å². The van der Waals surface area contributed by atoms with E-state index in [1.54, 1.807) is 0 Å². The second-order valence-corrected chi connectivity index (χ2v) is 9.70. The molecule has 0 unspecified atom stereocenters. The summed E-state index contributed by atoms with van der Waals surface area (Å²) >= 11 is 0. The molecule has 0 spiro atoms. The van der Waals surface area contributed by atoms with E-state index in [0.29, 0.717) is 0 Å². The van der Waals surface area contributed by atoms with Crippen molar-refractivity contribution in [3.63, 3.8) is 0 Å². The van der Waals surface area contributed by atoms with Crippen LogP contribution >= 0.6 is 0 Å². The van der Waals surface area contributed by atoms with E-state index in [-0.39, 0.29) is 39.9 Å². The van der Waals surface area contributed by atoms with Crippen molar-refractivity contribution in [2.75, 3.05) is 0 Å². The van der Waals surface area contributed by atoms with Crippen LogP contribution in [0.5, 0.6) is 0 Å². The van der Waals surface area contributed by atoms with E-state index >= 15 is 0 Å². The molecule has 0 saturated carbocycles. The van der Waals surface area contributed by atoms with Crippen LogP contribution < -0.4 is 0 Å². The summed E-state index contributed by atoms with van der Waals surface area (Å²) in [7, 11) is -14.0. The molecular weight excluding hydrogens is 671 g/mol. The summed E-state index contributed by atoms with van der Waals surface area (Å²) in [4.78, 5) is -2.42. The Morgan fingerprint density at radius 1 is 0.441 bits per heavy atom. The Balaban J connectivity index is 0.000000473. The van der Waals surface area contributed by atoms with Gasteiger partial charge < -0.3 is 13.7 Å². The summed E-state index contributed by atoms with van der Waals surface area (Å²) in [5.74, 6) is -3.03. The molecular formula is C18H12F3GdO9S3. The monoisotopic (exact) mass is 683 g/mol. The molecule has 0 amide bonds. The van der Waals surface area contributed by atoms with Gasteiger partial charge in [0.15, 0.2) is 0 Å². The summed E-state index contributed by atoms with van der Waals surface area (Å²) in [5, 5.41) is 0. The molecule has 0 aliphatic rings. The number of hydrogen-bond donors (Lipinski definition) is 0. The maximum absolute atomic E-state index is 12.5. The molecule has 34 heavy (non-hydrogen) atoms. The van der Waals surface area contributed by atoms with Crippen LogP contribution in [0.4, 0.5) is 13.2 Å². The molecule has 0 fully saturated rings. The minimum atomic E-state index is -4.66. The zero-order valence-electron chi connectivity index (χ0n) is 16.3. The van der Waals surface area contributed by atoms with Crippen LogP contribution in [0.1, 0.15) is 0 Å². The van der Waals surface area contributed by atoms with Crippen molar-refractivity contribution in [3.05, 3.63) is 90.2 Å². The Kier molecular flexibility index (Phi) is 13.0.